The molecule has 4 aromatic rings. The molecule has 0 aliphatic heterocycles. The number of aryl methyl sites for hydroxylation is 1. The number of nitrogens with zero attached hydrogens (tertiary/aromatic N) is 1. The second-order valence-electron chi connectivity index (χ2n) is 10.2. The van der Waals surface area contributed by atoms with Gasteiger partial charge in [-0.2, -0.15) is 0 Å². The summed E-state index contributed by atoms with van der Waals surface area (Å²) in [5.41, 5.74) is 2.93. The van der Waals surface area contributed by atoms with Crippen molar-refractivity contribution >= 4 is 21.6 Å². The number of thiophene rings is 1. The predicted octanol–water partition coefficient (Wildman–Crippen LogP) is 6.53. The molecule has 5 rings (SSSR count). The Labute approximate surface area is 208 Å². The van der Waals surface area contributed by atoms with E-state index in [1.54, 1.807) is 36.6 Å². The number of benzene rings is 2. The standard InChI is InChI=1S/C28H29FN2O3S/c1-28(2,3)18-8-11-20-23(14-18)35-27-24(20)26(32)30-25(31-27)17-7-12-21(22(13-17)33-4)34-15-16-5-9-19(29)10-6-16/h5-7,9-10,12-13,18H,8,11,14-15H2,1-4H3,(H,30,31,32). The lowest BCUT2D eigenvalue weighted by molar-refractivity contribution is 0.218. The fourth-order valence-corrected chi connectivity index (χ4v) is 6.04. The minimum absolute atomic E-state index is 0.0905. The topological polar surface area (TPSA) is 64.2 Å². The Bertz CT molecular complexity index is 1430. The maximum atomic E-state index is 13.1. The summed E-state index contributed by atoms with van der Waals surface area (Å²) >= 11 is 1.65. The average Bonchev–Trinajstić information content (AvgIpc) is 3.21. The van der Waals surface area contributed by atoms with E-state index >= 15 is 0 Å². The molecule has 0 bridgehead atoms. The van der Waals surface area contributed by atoms with Gasteiger partial charge in [-0.1, -0.05) is 32.9 Å². The summed E-state index contributed by atoms with van der Waals surface area (Å²) in [5.74, 6) is 1.93. The van der Waals surface area contributed by atoms with Crippen LogP contribution in [-0.4, -0.2) is 17.1 Å². The lowest BCUT2D eigenvalue weighted by Crippen LogP contribution is -2.26. The number of rotatable bonds is 5. The van der Waals surface area contributed by atoms with Gasteiger partial charge in [0, 0.05) is 10.4 Å². The van der Waals surface area contributed by atoms with Crippen LogP contribution in [0.4, 0.5) is 4.39 Å². The van der Waals surface area contributed by atoms with Gasteiger partial charge in [0.25, 0.3) is 5.56 Å². The Morgan fingerprint density at radius 1 is 1.14 bits per heavy atom. The molecule has 1 atom stereocenters. The van der Waals surface area contributed by atoms with Crippen LogP contribution in [0, 0.1) is 17.2 Å². The second kappa shape index (κ2) is 9.11. The van der Waals surface area contributed by atoms with Crippen molar-refractivity contribution in [1.82, 2.24) is 9.97 Å². The molecule has 5 nitrogen and oxygen atoms in total. The number of ether oxygens (including phenoxy) is 2. The third-order valence-corrected chi connectivity index (χ3v) is 8.04. The van der Waals surface area contributed by atoms with Crippen molar-refractivity contribution in [3.8, 4) is 22.9 Å². The number of methoxy groups -OCH3 is 1. The number of hydrogen-bond donors (Lipinski definition) is 1. The van der Waals surface area contributed by atoms with E-state index < -0.39 is 0 Å². The first-order valence-electron chi connectivity index (χ1n) is 11.8. The van der Waals surface area contributed by atoms with Crippen LogP contribution in [0.2, 0.25) is 0 Å². The Hall–Kier alpha value is -3.19. The average molecular weight is 493 g/mol. The molecule has 2 aromatic heterocycles. The zero-order valence-corrected chi connectivity index (χ0v) is 21.2. The van der Waals surface area contributed by atoms with E-state index in [2.05, 4.69) is 25.8 Å². The molecule has 0 spiro atoms. The predicted molar refractivity (Wildman–Crippen MR) is 138 cm³/mol. The Morgan fingerprint density at radius 3 is 2.63 bits per heavy atom. The first-order chi connectivity index (χ1) is 16.7. The molecule has 1 N–H and O–H groups in total. The fourth-order valence-electron chi connectivity index (χ4n) is 4.74. The molecular formula is C28H29FN2O3S. The van der Waals surface area contributed by atoms with Crippen molar-refractivity contribution in [2.45, 2.75) is 46.6 Å². The lowest BCUT2D eigenvalue weighted by Gasteiger charge is -2.33. The third-order valence-electron chi connectivity index (χ3n) is 6.89. The molecule has 7 heteroatoms. The number of halogens is 1. The molecule has 0 saturated heterocycles. The van der Waals surface area contributed by atoms with Crippen molar-refractivity contribution in [2.24, 2.45) is 11.3 Å². The van der Waals surface area contributed by atoms with E-state index in [4.69, 9.17) is 14.5 Å². The van der Waals surface area contributed by atoms with Gasteiger partial charge < -0.3 is 14.5 Å². The molecule has 0 saturated carbocycles. The Kier molecular flexibility index (Phi) is 6.13. The number of fused-ring (bicyclic) bond motifs is 3. The second-order valence-corrected chi connectivity index (χ2v) is 11.3. The molecule has 0 amide bonds. The highest BCUT2D eigenvalue weighted by Crippen LogP contribution is 2.42. The summed E-state index contributed by atoms with van der Waals surface area (Å²) in [4.78, 5) is 23.0. The Morgan fingerprint density at radius 2 is 1.91 bits per heavy atom. The molecule has 1 aliphatic carbocycles. The normalized spacial score (nSPS) is 15.7. The van der Waals surface area contributed by atoms with Crippen LogP contribution in [0.1, 0.15) is 43.2 Å². The molecule has 0 fully saturated rings. The summed E-state index contributed by atoms with van der Waals surface area (Å²) in [5, 5.41) is 0.743. The highest BCUT2D eigenvalue weighted by molar-refractivity contribution is 7.18. The van der Waals surface area contributed by atoms with Crippen molar-refractivity contribution in [1.29, 1.82) is 0 Å². The van der Waals surface area contributed by atoms with Gasteiger partial charge >= 0.3 is 0 Å². The van der Waals surface area contributed by atoms with E-state index in [1.807, 2.05) is 12.1 Å². The SMILES string of the molecule is COc1cc(-c2nc3sc4c(c3c(=O)[nH]2)CCC(C(C)(C)C)C4)ccc1OCc1ccc(F)cc1. The van der Waals surface area contributed by atoms with Gasteiger partial charge in [-0.15, -0.1) is 11.3 Å². The minimum Gasteiger partial charge on any atom is -0.493 e. The number of nitrogens with one attached hydrogen (secondary N) is 1. The van der Waals surface area contributed by atoms with Gasteiger partial charge in [0.05, 0.1) is 12.5 Å². The zero-order valence-electron chi connectivity index (χ0n) is 20.4. The van der Waals surface area contributed by atoms with E-state index in [0.717, 1.165) is 40.6 Å². The third kappa shape index (κ3) is 4.69. The van der Waals surface area contributed by atoms with E-state index in [1.165, 1.54) is 22.6 Å². The van der Waals surface area contributed by atoms with Gasteiger partial charge in [0.1, 0.15) is 23.1 Å². The van der Waals surface area contributed by atoms with Crippen molar-refractivity contribution < 1.29 is 13.9 Å². The van der Waals surface area contributed by atoms with Crippen LogP contribution in [0.15, 0.2) is 47.3 Å². The molecule has 35 heavy (non-hydrogen) atoms. The minimum atomic E-state index is -0.283. The van der Waals surface area contributed by atoms with Crippen molar-refractivity contribution in [2.75, 3.05) is 7.11 Å². The van der Waals surface area contributed by atoms with Gasteiger partial charge in [0.15, 0.2) is 11.5 Å². The summed E-state index contributed by atoms with van der Waals surface area (Å²) in [6.45, 7) is 7.16. The zero-order chi connectivity index (χ0) is 24.7. The smallest absolute Gasteiger partial charge is 0.260 e. The first-order valence-corrected chi connectivity index (χ1v) is 12.6. The maximum absolute atomic E-state index is 13.1. The molecule has 1 unspecified atom stereocenters. The summed E-state index contributed by atoms with van der Waals surface area (Å²) < 4.78 is 24.6. The van der Waals surface area contributed by atoms with Crippen molar-refractivity contribution in [3.05, 3.63) is 74.6 Å². The summed E-state index contributed by atoms with van der Waals surface area (Å²) in [6.07, 6.45) is 3.03. The lowest BCUT2D eigenvalue weighted by atomic mass is 9.72. The van der Waals surface area contributed by atoms with Crippen LogP contribution in [-0.2, 0) is 19.4 Å². The van der Waals surface area contributed by atoms with Crippen LogP contribution in [0.3, 0.4) is 0 Å². The number of H-pyrrole nitrogens is 1. The Balaban J connectivity index is 1.44. The molecule has 2 heterocycles. The highest BCUT2D eigenvalue weighted by Gasteiger charge is 2.31. The van der Waals surface area contributed by atoms with E-state index in [9.17, 15) is 9.18 Å². The van der Waals surface area contributed by atoms with Crippen molar-refractivity contribution in [3.63, 3.8) is 0 Å². The largest absolute Gasteiger partial charge is 0.493 e. The van der Waals surface area contributed by atoms with Crippen LogP contribution in [0.25, 0.3) is 21.6 Å². The van der Waals surface area contributed by atoms with Gasteiger partial charge in [0.2, 0.25) is 0 Å². The molecular weight excluding hydrogens is 463 g/mol. The first kappa shape index (κ1) is 23.5. The monoisotopic (exact) mass is 492 g/mol. The van der Waals surface area contributed by atoms with Gasteiger partial charge in [-0.05, 0) is 72.1 Å². The van der Waals surface area contributed by atoms with Crippen LogP contribution < -0.4 is 15.0 Å². The van der Waals surface area contributed by atoms with Crippen LogP contribution >= 0.6 is 11.3 Å². The molecule has 0 radical (unpaired) electrons. The fraction of sp³-hybridized carbons (Fsp3) is 0.357. The van der Waals surface area contributed by atoms with Crippen LogP contribution in [0.5, 0.6) is 11.5 Å². The molecule has 1 aliphatic rings. The number of aromatic nitrogens is 2. The maximum Gasteiger partial charge on any atom is 0.260 e. The quantitative estimate of drug-likeness (QED) is 0.344. The van der Waals surface area contributed by atoms with E-state index in [0.29, 0.717) is 23.2 Å². The summed E-state index contributed by atoms with van der Waals surface area (Å²) in [6, 6.07) is 11.7. The van der Waals surface area contributed by atoms with Gasteiger partial charge in [-0.25, -0.2) is 9.37 Å². The summed E-state index contributed by atoms with van der Waals surface area (Å²) in [7, 11) is 1.57. The number of aromatic amines is 1. The van der Waals surface area contributed by atoms with E-state index in [-0.39, 0.29) is 23.4 Å². The number of hydrogen-bond acceptors (Lipinski definition) is 5. The van der Waals surface area contributed by atoms with Gasteiger partial charge in [-0.3, -0.25) is 4.79 Å². The molecule has 182 valence electrons. The molecule has 2 aromatic carbocycles. The highest BCUT2D eigenvalue weighted by atomic mass is 32.1.